The number of benzene rings is 1. The highest BCUT2D eigenvalue weighted by atomic mass is 32.2. The molecular formula is C28H41F6N3O4S. The molecule has 42 heavy (non-hydrogen) atoms. The van der Waals surface area contributed by atoms with E-state index in [2.05, 4.69) is 13.8 Å². The highest BCUT2D eigenvalue weighted by Crippen LogP contribution is 2.38. The molecular weight excluding hydrogens is 588 g/mol. The van der Waals surface area contributed by atoms with E-state index >= 15 is 0 Å². The number of carbonyl (C=O) groups excluding carboxylic acids is 2. The Labute approximate surface area is 245 Å². The predicted octanol–water partition coefficient (Wildman–Crippen LogP) is 5.75. The lowest BCUT2D eigenvalue weighted by Gasteiger charge is -2.39. The van der Waals surface area contributed by atoms with Gasteiger partial charge in [-0.15, -0.1) is 0 Å². The molecule has 1 aromatic carbocycles. The van der Waals surface area contributed by atoms with Crippen molar-refractivity contribution in [2.75, 3.05) is 19.8 Å². The summed E-state index contributed by atoms with van der Waals surface area (Å²) in [6, 6.07) is 0.264. The molecule has 2 fully saturated rings. The Bertz CT molecular complexity index is 1090. The Kier molecular flexibility index (Phi) is 13.3. The van der Waals surface area contributed by atoms with Crippen LogP contribution in [0, 0.1) is 5.92 Å². The maximum absolute atomic E-state index is 13.4. The Morgan fingerprint density at radius 3 is 2.14 bits per heavy atom. The molecule has 2 aliphatic heterocycles. The highest BCUT2D eigenvalue weighted by molar-refractivity contribution is 7.82. The minimum Gasteiger partial charge on any atom is -0.381 e. The van der Waals surface area contributed by atoms with E-state index in [1.54, 1.807) is 0 Å². The molecule has 2 heterocycles. The van der Waals surface area contributed by atoms with E-state index in [0.29, 0.717) is 5.56 Å². The molecule has 1 saturated carbocycles. The second kappa shape index (κ2) is 15.5. The van der Waals surface area contributed by atoms with E-state index in [4.69, 9.17) is 9.88 Å². The van der Waals surface area contributed by atoms with Crippen LogP contribution in [0.2, 0.25) is 0 Å². The monoisotopic (exact) mass is 629 g/mol. The van der Waals surface area contributed by atoms with E-state index in [-0.39, 0.29) is 81.2 Å². The van der Waals surface area contributed by atoms with Crippen LogP contribution in [0.15, 0.2) is 17.0 Å². The summed E-state index contributed by atoms with van der Waals surface area (Å²) in [6.07, 6.45) is -7.29. The lowest BCUT2D eigenvalue weighted by molar-refractivity contribution is -0.192. The molecule has 3 unspecified atom stereocenters. The third kappa shape index (κ3) is 8.91. The molecule has 3 atom stereocenters. The van der Waals surface area contributed by atoms with Gasteiger partial charge >= 0.3 is 18.3 Å². The van der Waals surface area contributed by atoms with Gasteiger partial charge in [-0.1, -0.05) is 34.1 Å². The number of halogens is 6. The van der Waals surface area contributed by atoms with Crippen molar-refractivity contribution in [2.24, 2.45) is 11.1 Å². The van der Waals surface area contributed by atoms with Crippen LogP contribution >= 0.6 is 0 Å². The molecule has 0 radical (unpaired) electrons. The van der Waals surface area contributed by atoms with Crippen molar-refractivity contribution < 1.29 is 44.9 Å². The van der Waals surface area contributed by atoms with E-state index in [1.165, 1.54) is 11.3 Å². The molecule has 0 aromatic heterocycles. The highest BCUT2D eigenvalue weighted by Gasteiger charge is 2.49. The summed E-state index contributed by atoms with van der Waals surface area (Å²) in [6.45, 7) is 8.72. The zero-order valence-electron chi connectivity index (χ0n) is 24.4. The lowest BCUT2D eigenvalue weighted by Crippen LogP contribution is -2.53. The first-order valence-corrected chi connectivity index (χ1v) is 15.5. The van der Waals surface area contributed by atoms with Gasteiger partial charge in [0.1, 0.15) is 11.0 Å². The first-order chi connectivity index (χ1) is 19.7. The first-order valence-electron chi connectivity index (χ1n) is 14.3. The number of fused-ring (bicyclic) bond motifs is 1. The summed E-state index contributed by atoms with van der Waals surface area (Å²) in [7, 11) is -2.15. The maximum Gasteiger partial charge on any atom is 0.471 e. The third-order valence-electron chi connectivity index (χ3n) is 7.36. The van der Waals surface area contributed by atoms with Crippen molar-refractivity contribution in [1.82, 2.24) is 9.80 Å². The Balaban J connectivity index is 0.00000116. The molecule has 4 rings (SSSR count). The number of hydrogen-bond acceptors (Lipinski definition) is 4. The number of rotatable bonds is 4. The molecule has 7 nitrogen and oxygen atoms in total. The number of hydrogen-bond donors (Lipinski definition) is 1. The van der Waals surface area contributed by atoms with Crippen molar-refractivity contribution in [3.05, 3.63) is 28.8 Å². The predicted molar refractivity (Wildman–Crippen MR) is 146 cm³/mol. The number of alkyl halides is 6. The summed E-state index contributed by atoms with van der Waals surface area (Å²) in [5.74, 6) is -2.97. The Morgan fingerprint density at radius 2 is 1.62 bits per heavy atom. The number of nitrogens with two attached hydrogens (primary N) is 1. The molecule has 3 aliphatic rings. The van der Waals surface area contributed by atoms with Crippen molar-refractivity contribution in [1.29, 1.82) is 0 Å². The van der Waals surface area contributed by atoms with Gasteiger partial charge in [-0.25, -0.2) is 9.35 Å². The smallest absolute Gasteiger partial charge is 0.381 e. The van der Waals surface area contributed by atoms with Crippen LogP contribution in [0.1, 0.15) is 82.9 Å². The molecule has 2 amide bonds. The topological polar surface area (TPSA) is 92.9 Å². The molecule has 14 heteroatoms. The van der Waals surface area contributed by atoms with Crippen LogP contribution in [-0.4, -0.2) is 63.8 Å². The summed E-state index contributed by atoms with van der Waals surface area (Å²) in [5, 5.41) is 5.41. The van der Waals surface area contributed by atoms with Crippen LogP contribution in [0.3, 0.4) is 0 Å². The SMILES string of the molecule is CC.CCC.NS(=O)c1cc(C(F)(F)F)cc2c1CCN(C(=O)C1CCC(N(C(=O)C(F)(F)F)C3CCOCC3)C1)C2. The van der Waals surface area contributed by atoms with Gasteiger partial charge < -0.3 is 14.5 Å². The number of ether oxygens (including phenoxy) is 1. The summed E-state index contributed by atoms with van der Waals surface area (Å²) < 4.78 is 97.4. The van der Waals surface area contributed by atoms with Crippen molar-refractivity contribution >= 4 is 22.8 Å². The number of amides is 2. The van der Waals surface area contributed by atoms with Crippen LogP contribution in [0.5, 0.6) is 0 Å². The Hall–Kier alpha value is -2.19. The van der Waals surface area contributed by atoms with Gasteiger partial charge in [-0.2, -0.15) is 26.3 Å². The van der Waals surface area contributed by atoms with Crippen LogP contribution in [0.25, 0.3) is 0 Å². The van der Waals surface area contributed by atoms with Gasteiger partial charge in [0.05, 0.1) is 10.5 Å². The third-order valence-corrected chi connectivity index (χ3v) is 8.16. The van der Waals surface area contributed by atoms with E-state index in [1.807, 2.05) is 13.8 Å². The Morgan fingerprint density at radius 1 is 1.02 bits per heavy atom. The van der Waals surface area contributed by atoms with Crippen LogP contribution in [-0.2, 0) is 44.5 Å². The molecule has 2 N–H and O–H groups in total. The van der Waals surface area contributed by atoms with Gasteiger partial charge in [0.25, 0.3) is 0 Å². The molecule has 1 aliphatic carbocycles. The second-order valence-corrected chi connectivity index (χ2v) is 11.4. The normalized spacial score (nSPS) is 21.7. The van der Waals surface area contributed by atoms with Gasteiger partial charge in [0.15, 0.2) is 0 Å². The molecule has 0 bridgehead atoms. The van der Waals surface area contributed by atoms with Crippen LogP contribution < -0.4 is 5.14 Å². The fourth-order valence-electron chi connectivity index (χ4n) is 5.62. The largest absolute Gasteiger partial charge is 0.471 e. The first kappa shape index (κ1) is 36.0. The molecule has 0 spiro atoms. The summed E-state index contributed by atoms with van der Waals surface area (Å²) >= 11 is 0. The second-order valence-electron chi connectivity index (χ2n) is 10.3. The minimum atomic E-state index is -5.05. The zero-order chi connectivity index (χ0) is 31.8. The minimum absolute atomic E-state index is 0.0437. The lowest BCUT2D eigenvalue weighted by atomic mass is 9.95. The van der Waals surface area contributed by atoms with Crippen molar-refractivity contribution in [3.8, 4) is 0 Å². The maximum atomic E-state index is 13.4. The van der Waals surface area contributed by atoms with Gasteiger partial charge in [-0.05, 0) is 61.8 Å². The zero-order valence-corrected chi connectivity index (χ0v) is 25.3. The van der Waals surface area contributed by atoms with Crippen molar-refractivity contribution in [3.63, 3.8) is 0 Å². The van der Waals surface area contributed by atoms with Gasteiger partial charge in [0.2, 0.25) is 5.91 Å². The van der Waals surface area contributed by atoms with E-state index in [0.717, 1.165) is 17.0 Å². The number of nitrogens with zero attached hydrogens (tertiary/aromatic N) is 2. The standard InChI is InChI=1S/C23H27F6N3O4S.C3H8.C2H6/c24-22(25,26)15-9-14-12-31(6-3-18(14)19(11-15)37(30)35)20(33)13-1-2-17(10-13)32(21(34)23(27,28)29)16-4-7-36-8-5-16;1-3-2;1-2/h9,11,13,16-17H,1-8,10,12,30H2;3H2,1-2H3;1-2H3. The number of carbonyl (C=O) groups is 2. The molecule has 1 aromatic rings. The average molecular weight is 630 g/mol. The van der Waals surface area contributed by atoms with Crippen molar-refractivity contribution in [2.45, 2.75) is 109 Å². The fraction of sp³-hybridized carbons (Fsp3) is 0.714. The molecule has 1 saturated heterocycles. The van der Waals surface area contributed by atoms with Gasteiger partial charge in [-0.3, -0.25) is 9.59 Å². The summed E-state index contributed by atoms with van der Waals surface area (Å²) in [4.78, 5) is 27.7. The fourth-order valence-corrected chi connectivity index (χ4v) is 6.34. The van der Waals surface area contributed by atoms with Gasteiger partial charge in [0, 0.05) is 44.3 Å². The van der Waals surface area contributed by atoms with E-state index < -0.39 is 52.8 Å². The quantitative estimate of drug-likeness (QED) is 0.430. The molecule has 240 valence electrons. The van der Waals surface area contributed by atoms with E-state index in [9.17, 15) is 40.1 Å². The average Bonchev–Trinajstić information content (AvgIpc) is 3.42. The van der Waals surface area contributed by atoms with Crippen LogP contribution in [0.4, 0.5) is 26.3 Å². The summed E-state index contributed by atoms with van der Waals surface area (Å²) in [5.41, 5.74) is -0.425.